The number of fused-ring (bicyclic) bond motifs is 4. The van der Waals surface area contributed by atoms with E-state index in [1.807, 2.05) is 189 Å². The summed E-state index contributed by atoms with van der Waals surface area (Å²) in [5.74, 6) is 0. The summed E-state index contributed by atoms with van der Waals surface area (Å²) in [7, 11) is -29.2. The summed E-state index contributed by atoms with van der Waals surface area (Å²) in [5.41, 5.74) is 0. The molecule has 4 saturated heterocycles. The van der Waals surface area contributed by atoms with Crippen molar-refractivity contribution in [3.05, 3.63) is 182 Å². The van der Waals surface area contributed by atoms with Crippen LogP contribution in [0, 0.1) is 0 Å². The molecule has 0 spiro atoms. The molecule has 0 amide bonds. The molecule has 22 heteroatoms. The minimum Gasteiger partial charge on any atom is -0.414 e. The molecule has 6 bridgehead atoms. The van der Waals surface area contributed by atoms with Gasteiger partial charge in [-0.2, -0.15) is 0 Å². The van der Waals surface area contributed by atoms with E-state index < -0.39 is 71.2 Å². The standard InChI is InChI=1S/C40H42O12Si8.C2H6O.CH4.B/c1-53-34-42-56(36-22-10-3-11-23-36)46-55(33-32-41)44-54(35-20-8-2-9-21-35)45-58(38-26-14-5-15-27-38)49-57(43-53,37-24-12-4-13-25-37)50-60(48-56,40-30-18-7-19-31-40)52-59(47-55,51-58)39-28-16-6-17-29-39;1-3-2;;/h2-31,41,53-54H,32-34H2,1H3;1-2H3;1H4;. The Labute approximate surface area is 393 Å². The second-order valence-electron chi connectivity index (χ2n) is 15.1. The van der Waals surface area contributed by atoms with Gasteiger partial charge in [0.05, 0.1) is 6.23 Å². The predicted molar refractivity (Wildman–Crippen MR) is 265 cm³/mol. The zero-order chi connectivity index (χ0) is 43.4. The molecular formula is C43H52BO13Si8. The molecule has 0 aliphatic carbocycles. The van der Waals surface area contributed by atoms with Crippen LogP contribution in [0.25, 0.3) is 0 Å². The molecule has 13 nitrogen and oxygen atoms in total. The minimum absolute atomic E-state index is 0. The molecule has 6 aromatic carbocycles. The van der Waals surface area contributed by atoms with E-state index in [4.69, 9.17) is 45.6 Å². The van der Waals surface area contributed by atoms with Gasteiger partial charge in [0.25, 0.3) is 0 Å². The summed E-state index contributed by atoms with van der Waals surface area (Å²) in [4.78, 5) is 0. The molecular weight excluding hydrogens is 960 g/mol. The van der Waals surface area contributed by atoms with E-state index in [9.17, 15) is 5.11 Å². The Bertz CT molecular complexity index is 2420. The summed E-state index contributed by atoms with van der Waals surface area (Å²) in [6.07, 6.45) is 0.140. The molecule has 1 N–H and O–H groups in total. The van der Waals surface area contributed by atoms with Gasteiger partial charge in [-0.25, -0.2) is 0 Å². The summed E-state index contributed by atoms with van der Waals surface area (Å²) >= 11 is 0. The van der Waals surface area contributed by atoms with Gasteiger partial charge in [-0.15, -0.1) is 0 Å². The zero-order valence-corrected chi connectivity index (χ0v) is 43.8. The van der Waals surface area contributed by atoms with Crippen molar-refractivity contribution in [2.45, 2.75) is 20.0 Å². The molecule has 4 fully saturated rings. The first-order valence-corrected chi connectivity index (χ1v) is 35.2. The third-order valence-electron chi connectivity index (χ3n) is 10.5. The average Bonchev–Trinajstić information content (AvgIpc) is 3.37. The highest BCUT2D eigenvalue weighted by atomic mass is 28.6. The van der Waals surface area contributed by atoms with Crippen LogP contribution in [0.4, 0.5) is 0 Å². The normalized spacial score (nSPS) is 31.6. The maximum Gasteiger partial charge on any atom is 0.522 e. The van der Waals surface area contributed by atoms with Crippen LogP contribution in [0.15, 0.2) is 182 Å². The first kappa shape index (κ1) is 49.5. The zero-order valence-electron chi connectivity index (χ0n) is 35.5. The molecule has 4 heterocycles. The van der Waals surface area contributed by atoms with Crippen molar-refractivity contribution in [1.29, 1.82) is 0 Å². The van der Waals surface area contributed by atoms with E-state index in [-0.39, 0.29) is 34.7 Å². The summed E-state index contributed by atoms with van der Waals surface area (Å²) < 4.78 is 88.8. The van der Waals surface area contributed by atoms with E-state index in [2.05, 4.69) is 4.74 Å². The van der Waals surface area contributed by atoms with Crippen molar-refractivity contribution < 1.29 is 55.4 Å². The monoisotopic (exact) mass is 1010 g/mol. The van der Waals surface area contributed by atoms with Gasteiger partial charge in [0.1, 0.15) is 0 Å². The van der Waals surface area contributed by atoms with Crippen LogP contribution in [0.3, 0.4) is 0 Å². The minimum atomic E-state index is -4.58. The molecule has 3 radical (unpaired) electrons. The van der Waals surface area contributed by atoms with Crippen LogP contribution >= 0.6 is 0 Å². The highest BCUT2D eigenvalue weighted by molar-refractivity contribution is 7.08. The number of aliphatic hydroxyl groups is 1. The molecule has 6 aromatic rings. The molecule has 4 aliphatic rings. The fourth-order valence-corrected chi connectivity index (χ4v) is 48.1. The topological polar surface area (TPSA) is 131 Å². The Hall–Kier alpha value is -3.40. The summed E-state index contributed by atoms with van der Waals surface area (Å²) in [5, 5.41) is 15.0. The van der Waals surface area contributed by atoms with Gasteiger partial charge >= 0.3 is 62.1 Å². The highest BCUT2D eigenvalue weighted by Crippen LogP contribution is 2.43. The van der Waals surface area contributed by atoms with E-state index >= 15 is 0 Å². The second-order valence-corrected chi connectivity index (χ2v) is 37.5. The van der Waals surface area contributed by atoms with Gasteiger partial charge < -0.3 is 55.4 Å². The molecule has 0 saturated carbocycles. The van der Waals surface area contributed by atoms with Gasteiger partial charge in [0.2, 0.25) is 0 Å². The van der Waals surface area contributed by atoms with Crippen LogP contribution in [-0.4, -0.2) is 112 Å². The Morgan fingerprint density at radius 1 is 0.462 bits per heavy atom. The van der Waals surface area contributed by atoms with Crippen LogP contribution in [0.1, 0.15) is 7.43 Å². The van der Waals surface area contributed by atoms with Crippen LogP contribution in [0.2, 0.25) is 12.6 Å². The number of hydrogen-bond acceptors (Lipinski definition) is 13. The largest absolute Gasteiger partial charge is 0.522 e. The number of benzene rings is 6. The molecule has 8 atom stereocenters. The number of aliphatic hydroxyl groups excluding tert-OH is 1. The molecule has 8 unspecified atom stereocenters. The van der Waals surface area contributed by atoms with Gasteiger partial charge in [0.15, 0.2) is 9.04 Å². The number of rotatable bonds is 8. The Morgan fingerprint density at radius 3 is 1.23 bits per heavy atom. The van der Waals surface area contributed by atoms with Crippen molar-refractivity contribution in [3.63, 3.8) is 0 Å². The predicted octanol–water partition coefficient (Wildman–Crippen LogP) is 1.92. The van der Waals surface area contributed by atoms with E-state index in [1.165, 1.54) is 0 Å². The smallest absolute Gasteiger partial charge is 0.414 e. The maximum absolute atomic E-state index is 11.1. The average molecular weight is 1010 g/mol. The highest BCUT2D eigenvalue weighted by Gasteiger charge is 2.78. The van der Waals surface area contributed by atoms with Gasteiger partial charge in [-0.3, -0.25) is 0 Å². The third kappa shape index (κ3) is 9.82. The lowest BCUT2D eigenvalue weighted by Crippen LogP contribution is -2.88. The van der Waals surface area contributed by atoms with Gasteiger partial charge in [0, 0.05) is 61.2 Å². The van der Waals surface area contributed by atoms with Gasteiger partial charge in [-0.05, 0) is 11.7 Å². The third-order valence-corrected chi connectivity index (χ3v) is 41.6. The molecule has 4 aliphatic heterocycles. The summed E-state index contributed by atoms with van der Waals surface area (Å²) in [6.45, 7) is 1.70. The molecule has 10 rings (SSSR count). The van der Waals surface area contributed by atoms with E-state index in [0.717, 1.165) is 5.19 Å². The first-order chi connectivity index (χ1) is 30.7. The first-order valence-electron chi connectivity index (χ1n) is 20.6. The lowest BCUT2D eigenvalue weighted by Gasteiger charge is -2.56. The van der Waals surface area contributed by atoms with Crippen molar-refractivity contribution in [3.8, 4) is 0 Å². The van der Waals surface area contributed by atoms with Crippen LogP contribution < -0.4 is 31.1 Å². The molecule has 65 heavy (non-hydrogen) atoms. The van der Waals surface area contributed by atoms with Crippen molar-refractivity contribution >= 4 is 111 Å². The van der Waals surface area contributed by atoms with E-state index in [0.29, 0.717) is 25.9 Å². The van der Waals surface area contributed by atoms with E-state index in [1.54, 1.807) is 14.2 Å². The van der Waals surface area contributed by atoms with Crippen molar-refractivity contribution in [2.75, 3.05) is 27.1 Å². The second kappa shape index (κ2) is 20.9. The number of ether oxygens (including phenoxy) is 1. The Balaban J connectivity index is 0.00000123. The molecule has 0 aromatic heterocycles. The fourth-order valence-electron chi connectivity index (χ4n) is 7.74. The lowest BCUT2D eigenvalue weighted by atomic mass is 10.4. The summed E-state index contributed by atoms with van der Waals surface area (Å²) in [6, 6.07) is 57.8. The number of methoxy groups -OCH3 is 1. The lowest BCUT2D eigenvalue weighted by molar-refractivity contribution is 0.0430. The maximum atomic E-state index is 11.1. The SMILES string of the molecule is C.COC.C[SiH]1CO[Si]2(c3ccccc3)O[Si]3(CCO)O[SiH](c4ccccc4)O[Si]4(c5ccccc5)O[Si](c5ccccc5)(O1)O[Si](c1ccccc1)(O2)O[Si](c1ccccc1)(O3)O4.[B]. The van der Waals surface area contributed by atoms with Crippen molar-refractivity contribution in [1.82, 2.24) is 0 Å². The quantitative estimate of drug-likeness (QED) is 0.223. The Kier molecular flexibility index (Phi) is 15.9. The van der Waals surface area contributed by atoms with Crippen molar-refractivity contribution in [2.24, 2.45) is 0 Å². The Morgan fingerprint density at radius 2 is 0.785 bits per heavy atom. The number of hydrogen-bond donors (Lipinski definition) is 1. The fraction of sp³-hybridized carbons (Fsp3) is 0.163. The molecule has 337 valence electrons. The van der Waals surface area contributed by atoms with Crippen LogP contribution in [-0.2, 0) is 50.3 Å². The van der Waals surface area contributed by atoms with Crippen LogP contribution in [0.5, 0.6) is 0 Å². The van der Waals surface area contributed by atoms with Gasteiger partial charge in [-0.1, -0.05) is 189 Å².